The van der Waals surface area contributed by atoms with Crippen LogP contribution < -0.4 is 0 Å². The molecule has 116 valence electrons. The molecule has 2 atom stereocenters. The minimum Gasteiger partial charge on any atom is -0.778 e. The largest absolute Gasteiger partial charge is 0.778 e. The molecule has 0 aliphatic carbocycles. The molecule has 0 bridgehead atoms. The molecule has 0 N–H and O–H groups in total. The first-order valence-corrected chi connectivity index (χ1v) is 12.6. The van der Waals surface area contributed by atoms with Crippen molar-refractivity contribution < 1.29 is 22.4 Å². The molecule has 0 saturated carbocycles. The molecule has 5 nitrogen and oxygen atoms in total. The topological polar surface area (TPSA) is 67.8 Å². The van der Waals surface area contributed by atoms with Gasteiger partial charge in [-0.05, 0) is 18.9 Å². The second kappa shape index (κ2) is 9.38. The third kappa shape index (κ3) is 5.03. The smallest absolute Gasteiger partial charge is 0.370 e. The summed E-state index contributed by atoms with van der Waals surface area (Å²) in [4.78, 5) is 0. The maximum atomic E-state index is 9.06. The second-order valence-electron chi connectivity index (χ2n) is 4.72. The Morgan fingerprint density at radius 2 is 1.84 bits per heavy atom. The van der Waals surface area contributed by atoms with Crippen molar-refractivity contribution in [3.8, 4) is 0 Å². The number of hydrogen-bond donors (Lipinski definition) is 0. The lowest BCUT2D eigenvalue weighted by Crippen LogP contribution is -2.64. The molecule has 2 unspecified atom stereocenters. The zero-order valence-corrected chi connectivity index (χ0v) is 16.5. The number of ether oxygens (including phenoxy) is 1. The van der Waals surface area contributed by atoms with Gasteiger partial charge in [-0.25, -0.2) is 0 Å². The van der Waals surface area contributed by atoms with Crippen LogP contribution in [0.1, 0.15) is 39.0 Å². The van der Waals surface area contributed by atoms with E-state index in [1.54, 1.807) is 21.3 Å². The van der Waals surface area contributed by atoms with Gasteiger partial charge in [-0.3, -0.25) is 4.21 Å². The second-order valence-corrected chi connectivity index (χ2v) is 11.3. The standard InChI is InChI=1S/C11H24O3Si.H4O2SSi/c1-5-8-11(12-2)9-6-7-10-15(11,13-3)14-4;1-3(2)4/h5-10H2,1-4H3;4H3,(H,1,2)/p-1. The zero-order chi connectivity index (χ0) is 14.9. The van der Waals surface area contributed by atoms with Gasteiger partial charge in [0, 0.05) is 21.3 Å². The van der Waals surface area contributed by atoms with Gasteiger partial charge in [0.15, 0.2) is 0 Å². The summed E-state index contributed by atoms with van der Waals surface area (Å²) < 4.78 is 35.5. The highest BCUT2D eigenvalue weighted by molar-refractivity contribution is 8.01. The molecule has 19 heavy (non-hydrogen) atoms. The highest BCUT2D eigenvalue weighted by Gasteiger charge is 2.58. The summed E-state index contributed by atoms with van der Waals surface area (Å²) in [5.41, 5.74) is 0. The van der Waals surface area contributed by atoms with Crippen molar-refractivity contribution >= 4 is 28.5 Å². The molecule has 1 heterocycles. The van der Waals surface area contributed by atoms with Gasteiger partial charge >= 0.3 is 8.56 Å². The van der Waals surface area contributed by atoms with E-state index in [-0.39, 0.29) is 14.6 Å². The van der Waals surface area contributed by atoms with E-state index in [1.807, 2.05) is 0 Å². The molecule has 0 amide bonds. The lowest BCUT2D eigenvalue weighted by Gasteiger charge is -2.47. The van der Waals surface area contributed by atoms with Crippen LogP contribution in [0, 0.1) is 0 Å². The van der Waals surface area contributed by atoms with Crippen LogP contribution in [0.4, 0.5) is 0 Å². The van der Waals surface area contributed by atoms with Crippen LogP contribution in [0.2, 0.25) is 6.04 Å². The molecular weight excluding hydrogens is 300 g/mol. The SMILES string of the molecule is CCCC1(OC)CCCC[Si]1(OC)OC.O=S([O-])[SiH3]. The fourth-order valence-electron chi connectivity index (χ4n) is 2.92. The molecule has 0 aromatic rings. The number of methoxy groups -OCH3 is 1. The van der Waals surface area contributed by atoms with Crippen molar-refractivity contribution in [1.82, 2.24) is 0 Å². The summed E-state index contributed by atoms with van der Waals surface area (Å²) >= 11 is 0. The van der Waals surface area contributed by atoms with Gasteiger partial charge in [0.1, 0.15) is 5.22 Å². The first kappa shape index (κ1) is 19.4. The van der Waals surface area contributed by atoms with Crippen molar-refractivity contribution in [3.05, 3.63) is 0 Å². The number of rotatable bonds is 5. The maximum absolute atomic E-state index is 9.06. The summed E-state index contributed by atoms with van der Waals surface area (Å²) in [7, 11) is 1.76. The van der Waals surface area contributed by atoms with E-state index in [1.165, 1.54) is 12.8 Å². The molecule has 1 aliphatic rings. The molecule has 0 radical (unpaired) electrons. The Morgan fingerprint density at radius 1 is 1.32 bits per heavy atom. The number of hydrogen-bond acceptors (Lipinski definition) is 5. The van der Waals surface area contributed by atoms with Gasteiger partial charge in [0.2, 0.25) is 0 Å². The maximum Gasteiger partial charge on any atom is 0.370 e. The highest BCUT2D eigenvalue weighted by atomic mass is 32.4. The molecule has 0 aromatic carbocycles. The summed E-state index contributed by atoms with van der Waals surface area (Å²) in [6, 6.07) is 1.06. The summed E-state index contributed by atoms with van der Waals surface area (Å²) in [5.74, 6) is 0. The van der Waals surface area contributed by atoms with E-state index in [2.05, 4.69) is 6.92 Å². The van der Waals surface area contributed by atoms with Crippen LogP contribution in [-0.2, 0) is 24.1 Å². The highest BCUT2D eigenvalue weighted by Crippen LogP contribution is 2.42. The van der Waals surface area contributed by atoms with E-state index >= 15 is 0 Å². The fourth-order valence-corrected chi connectivity index (χ4v) is 6.91. The van der Waals surface area contributed by atoms with Crippen molar-refractivity contribution in [2.75, 3.05) is 21.3 Å². The monoisotopic (exact) mass is 327 g/mol. The predicted molar refractivity (Wildman–Crippen MR) is 81.9 cm³/mol. The van der Waals surface area contributed by atoms with Gasteiger partial charge in [-0.1, -0.05) is 36.7 Å². The average molecular weight is 328 g/mol. The molecule has 1 rings (SSSR count). The molecular formula is C11H27O5SSi2-. The fraction of sp³-hybridized carbons (Fsp3) is 1.00. The minimum absolute atomic E-state index is 0.122. The normalized spacial score (nSPS) is 27.4. The predicted octanol–water partition coefficient (Wildman–Crippen LogP) is 0.776. The van der Waals surface area contributed by atoms with Gasteiger partial charge in [-0.15, -0.1) is 0 Å². The first-order chi connectivity index (χ1) is 8.93. The van der Waals surface area contributed by atoms with Crippen LogP contribution in [0.15, 0.2) is 0 Å². The Morgan fingerprint density at radius 3 is 2.21 bits per heavy atom. The third-order valence-electron chi connectivity index (χ3n) is 3.73. The van der Waals surface area contributed by atoms with Crippen LogP contribution in [0.3, 0.4) is 0 Å². The molecule has 0 aromatic heterocycles. The Hall–Kier alpha value is 0.424. The molecule has 1 aliphatic heterocycles. The molecule has 1 fully saturated rings. The van der Waals surface area contributed by atoms with Crippen molar-refractivity contribution in [3.63, 3.8) is 0 Å². The van der Waals surface area contributed by atoms with E-state index in [9.17, 15) is 0 Å². The average Bonchev–Trinajstić information content (AvgIpc) is 2.39. The quantitative estimate of drug-likeness (QED) is 0.551. The first-order valence-electron chi connectivity index (χ1n) is 6.60. The molecule has 0 spiro atoms. The van der Waals surface area contributed by atoms with Crippen LogP contribution >= 0.6 is 0 Å². The Balaban J connectivity index is 0.000000711. The summed E-state index contributed by atoms with van der Waals surface area (Å²) in [5, 5.41) is -0.122. The van der Waals surface area contributed by atoms with E-state index in [0.29, 0.717) is 0 Å². The molecule has 1 saturated heterocycles. The van der Waals surface area contributed by atoms with Gasteiger partial charge in [0.05, 0.1) is 9.39 Å². The van der Waals surface area contributed by atoms with Gasteiger partial charge in [0.25, 0.3) is 0 Å². The third-order valence-corrected chi connectivity index (χ3v) is 8.16. The van der Waals surface area contributed by atoms with Gasteiger partial charge < -0.3 is 18.1 Å². The van der Waals surface area contributed by atoms with Crippen LogP contribution in [0.5, 0.6) is 0 Å². The Bertz CT molecular complexity index is 268. The van der Waals surface area contributed by atoms with Crippen molar-refractivity contribution in [2.24, 2.45) is 0 Å². The lowest BCUT2D eigenvalue weighted by atomic mass is 10.1. The Labute approximate surface area is 123 Å². The van der Waals surface area contributed by atoms with Crippen molar-refractivity contribution in [2.45, 2.75) is 50.3 Å². The zero-order valence-electron chi connectivity index (χ0n) is 12.7. The Kier molecular flexibility index (Phi) is 9.59. The lowest BCUT2D eigenvalue weighted by molar-refractivity contribution is -0.0149. The minimum atomic E-state index is -2.15. The van der Waals surface area contributed by atoms with E-state index in [0.717, 1.165) is 25.3 Å². The summed E-state index contributed by atoms with van der Waals surface area (Å²) in [6.07, 6.45) is 5.70. The van der Waals surface area contributed by atoms with Crippen molar-refractivity contribution in [1.29, 1.82) is 0 Å². The van der Waals surface area contributed by atoms with E-state index < -0.39 is 19.1 Å². The van der Waals surface area contributed by atoms with Crippen LogP contribution in [-0.4, -0.2) is 53.3 Å². The van der Waals surface area contributed by atoms with Crippen LogP contribution in [0.25, 0.3) is 0 Å². The summed E-state index contributed by atoms with van der Waals surface area (Å²) in [6.45, 7) is 2.19. The molecule has 8 heteroatoms. The van der Waals surface area contributed by atoms with E-state index in [4.69, 9.17) is 22.4 Å². The van der Waals surface area contributed by atoms with Gasteiger partial charge in [-0.2, -0.15) is 0 Å².